The zero-order chi connectivity index (χ0) is 15.5. The zero-order valence-corrected chi connectivity index (χ0v) is 12.4. The van der Waals surface area contributed by atoms with Crippen molar-refractivity contribution in [2.45, 2.75) is 12.5 Å². The van der Waals surface area contributed by atoms with Crippen LogP contribution in [0.1, 0.15) is 11.6 Å². The molecule has 0 spiro atoms. The highest BCUT2D eigenvalue weighted by Gasteiger charge is 2.22. The van der Waals surface area contributed by atoms with Gasteiger partial charge in [-0.2, -0.15) is 0 Å². The molecule has 1 amide bonds. The minimum atomic E-state index is -0.580. The van der Waals surface area contributed by atoms with Gasteiger partial charge in [-0.25, -0.2) is 10.5 Å². The number of pyridine rings is 1. The molecule has 5 nitrogen and oxygen atoms in total. The molecule has 1 aromatic carbocycles. The quantitative estimate of drug-likeness (QED) is 0.442. The van der Waals surface area contributed by atoms with Gasteiger partial charge in [-0.15, -0.1) is 0 Å². The molecule has 22 heavy (non-hydrogen) atoms. The summed E-state index contributed by atoms with van der Waals surface area (Å²) in [5.74, 6) is -0.478. The summed E-state index contributed by atoms with van der Waals surface area (Å²) < 4.78 is 1.79. The van der Waals surface area contributed by atoms with Gasteiger partial charge in [0.2, 0.25) is 0 Å². The molecule has 0 saturated heterocycles. The zero-order valence-electron chi connectivity index (χ0n) is 11.6. The van der Waals surface area contributed by atoms with Crippen LogP contribution in [0.4, 0.5) is 0 Å². The smallest absolute Gasteiger partial charge is 0.266 e. The number of fused-ring (bicyclic) bond motifs is 1. The summed E-state index contributed by atoms with van der Waals surface area (Å²) in [6.07, 6.45) is 3.83. The summed E-state index contributed by atoms with van der Waals surface area (Å²) in [6, 6.07) is 12.7. The number of rotatable bonds is 4. The molecule has 0 radical (unpaired) electrons. The molecule has 0 aliphatic heterocycles. The van der Waals surface area contributed by atoms with E-state index in [1.165, 1.54) is 0 Å². The van der Waals surface area contributed by atoms with Crippen LogP contribution in [-0.2, 0) is 11.2 Å². The summed E-state index contributed by atoms with van der Waals surface area (Å²) in [5.41, 5.74) is 3.54. The van der Waals surface area contributed by atoms with Crippen molar-refractivity contribution in [2.24, 2.45) is 0 Å². The lowest BCUT2D eigenvalue weighted by Gasteiger charge is -2.18. The molecular formula is C16H14ClN3O2. The molecule has 112 valence electrons. The highest BCUT2D eigenvalue weighted by molar-refractivity contribution is 6.34. The standard InChI is InChI=1S/C16H14ClN3O2/c17-15-12-7-9-20(13(12)6-8-18-15)14(16(21)19-22)10-11-4-2-1-3-5-11/h1-9,14,22H,10H2,(H,19,21). The van der Waals surface area contributed by atoms with Gasteiger partial charge in [0.25, 0.3) is 5.91 Å². The Morgan fingerprint density at radius 3 is 2.77 bits per heavy atom. The Morgan fingerprint density at radius 2 is 2.05 bits per heavy atom. The first-order chi connectivity index (χ1) is 10.7. The number of amides is 1. The number of hydrogen-bond acceptors (Lipinski definition) is 3. The van der Waals surface area contributed by atoms with Crippen molar-refractivity contribution in [3.8, 4) is 0 Å². The molecule has 6 heteroatoms. The van der Waals surface area contributed by atoms with Crippen LogP contribution in [0, 0.1) is 0 Å². The maximum Gasteiger partial charge on any atom is 0.266 e. The van der Waals surface area contributed by atoms with Crippen molar-refractivity contribution < 1.29 is 10.0 Å². The second-order valence-electron chi connectivity index (χ2n) is 4.94. The highest BCUT2D eigenvalue weighted by atomic mass is 35.5. The third-order valence-electron chi connectivity index (χ3n) is 3.62. The summed E-state index contributed by atoms with van der Waals surface area (Å²) in [6.45, 7) is 0. The Kier molecular flexibility index (Phi) is 4.09. The molecule has 0 fully saturated rings. The summed E-state index contributed by atoms with van der Waals surface area (Å²) in [7, 11) is 0. The largest absolute Gasteiger partial charge is 0.334 e. The van der Waals surface area contributed by atoms with Crippen molar-refractivity contribution in [3.05, 3.63) is 65.6 Å². The van der Waals surface area contributed by atoms with Crippen LogP contribution in [0.3, 0.4) is 0 Å². The number of nitrogens with one attached hydrogen (secondary N) is 1. The van der Waals surface area contributed by atoms with Gasteiger partial charge in [-0.05, 0) is 17.7 Å². The number of aromatic nitrogens is 2. The number of hydrogen-bond donors (Lipinski definition) is 2. The number of hydroxylamine groups is 1. The third kappa shape index (κ3) is 2.68. The van der Waals surface area contributed by atoms with Gasteiger partial charge < -0.3 is 4.57 Å². The maximum atomic E-state index is 12.1. The van der Waals surface area contributed by atoms with Gasteiger partial charge in [0.1, 0.15) is 11.2 Å². The Balaban J connectivity index is 2.05. The van der Waals surface area contributed by atoms with Gasteiger partial charge in [0.05, 0.1) is 5.52 Å². The van der Waals surface area contributed by atoms with E-state index in [1.807, 2.05) is 36.4 Å². The van der Waals surface area contributed by atoms with E-state index in [-0.39, 0.29) is 0 Å². The number of nitrogens with zero attached hydrogens (tertiary/aromatic N) is 2. The molecule has 1 atom stereocenters. The molecule has 1 unspecified atom stereocenters. The first-order valence-corrected chi connectivity index (χ1v) is 7.17. The number of benzene rings is 1. The molecule has 3 rings (SSSR count). The second-order valence-corrected chi connectivity index (χ2v) is 5.30. The van der Waals surface area contributed by atoms with Gasteiger partial charge in [-0.3, -0.25) is 10.0 Å². The van der Waals surface area contributed by atoms with Gasteiger partial charge in [-0.1, -0.05) is 41.9 Å². The normalized spacial score (nSPS) is 12.3. The molecular weight excluding hydrogens is 302 g/mol. The van der Waals surface area contributed by atoms with Crippen molar-refractivity contribution >= 4 is 28.4 Å². The van der Waals surface area contributed by atoms with E-state index in [2.05, 4.69) is 4.98 Å². The molecule has 0 bridgehead atoms. The Bertz CT molecular complexity index is 802. The van der Waals surface area contributed by atoms with E-state index in [1.54, 1.807) is 28.5 Å². The molecule has 0 saturated carbocycles. The minimum Gasteiger partial charge on any atom is -0.334 e. The predicted molar refractivity (Wildman–Crippen MR) is 83.9 cm³/mol. The molecule has 2 N–H and O–H groups in total. The fourth-order valence-electron chi connectivity index (χ4n) is 2.55. The van der Waals surface area contributed by atoms with Gasteiger partial charge >= 0.3 is 0 Å². The Hall–Kier alpha value is -2.37. The summed E-state index contributed by atoms with van der Waals surface area (Å²) in [4.78, 5) is 16.1. The van der Waals surface area contributed by atoms with Crippen molar-refractivity contribution in [1.82, 2.24) is 15.0 Å². The van der Waals surface area contributed by atoms with Crippen LogP contribution >= 0.6 is 11.6 Å². The highest BCUT2D eigenvalue weighted by Crippen LogP contribution is 2.26. The monoisotopic (exact) mass is 315 g/mol. The number of halogens is 1. The van der Waals surface area contributed by atoms with Crippen molar-refractivity contribution in [1.29, 1.82) is 0 Å². The molecule has 2 aromatic heterocycles. The topological polar surface area (TPSA) is 67.2 Å². The molecule has 2 heterocycles. The van der Waals surface area contributed by atoms with E-state index < -0.39 is 11.9 Å². The lowest BCUT2D eigenvalue weighted by atomic mass is 10.1. The predicted octanol–water partition coefficient (Wildman–Crippen LogP) is 2.98. The Morgan fingerprint density at radius 1 is 1.27 bits per heavy atom. The van der Waals surface area contributed by atoms with Gasteiger partial charge in [0.15, 0.2) is 0 Å². The number of carbonyl (C=O) groups is 1. The van der Waals surface area contributed by atoms with E-state index in [4.69, 9.17) is 16.8 Å². The van der Waals surface area contributed by atoms with Gasteiger partial charge in [0, 0.05) is 24.2 Å². The van der Waals surface area contributed by atoms with Crippen LogP contribution in [-0.4, -0.2) is 20.7 Å². The lowest BCUT2D eigenvalue weighted by molar-refractivity contribution is -0.132. The fourth-order valence-corrected chi connectivity index (χ4v) is 2.77. The van der Waals surface area contributed by atoms with E-state index in [0.717, 1.165) is 16.5 Å². The van der Waals surface area contributed by atoms with Crippen LogP contribution in [0.25, 0.3) is 10.9 Å². The molecule has 3 aromatic rings. The minimum absolute atomic E-state index is 0.388. The summed E-state index contributed by atoms with van der Waals surface area (Å²) in [5, 5.41) is 10.2. The van der Waals surface area contributed by atoms with Crippen molar-refractivity contribution in [2.75, 3.05) is 0 Å². The first-order valence-electron chi connectivity index (χ1n) is 6.79. The molecule has 0 aliphatic rings. The fraction of sp³-hybridized carbons (Fsp3) is 0.125. The average Bonchev–Trinajstić information content (AvgIpc) is 2.98. The maximum absolute atomic E-state index is 12.1. The summed E-state index contributed by atoms with van der Waals surface area (Å²) >= 11 is 6.07. The van der Waals surface area contributed by atoms with Crippen molar-refractivity contribution in [3.63, 3.8) is 0 Å². The third-order valence-corrected chi connectivity index (χ3v) is 3.92. The molecule has 0 aliphatic carbocycles. The van der Waals surface area contributed by atoms with E-state index >= 15 is 0 Å². The first kappa shape index (κ1) is 14.6. The number of carbonyl (C=O) groups excluding carboxylic acids is 1. The van der Waals surface area contributed by atoms with Crippen LogP contribution < -0.4 is 5.48 Å². The second kappa shape index (κ2) is 6.17. The SMILES string of the molecule is O=C(NO)C(Cc1ccccc1)n1ccc2c(Cl)nccc21. The van der Waals surface area contributed by atoms with E-state index in [9.17, 15) is 4.79 Å². The van der Waals surface area contributed by atoms with Crippen LogP contribution in [0.5, 0.6) is 0 Å². The van der Waals surface area contributed by atoms with E-state index in [0.29, 0.717) is 11.6 Å². The average molecular weight is 316 g/mol. The van der Waals surface area contributed by atoms with Crippen LogP contribution in [0.2, 0.25) is 5.15 Å². The Labute approximate surface area is 132 Å². The van der Waals surface area contributed by atoms with Crippen LogP contribution in [0.15, 0.2) is 54.9 Å². The lowest BCUT2D eigenvalue weighted by Crippen LogP contribution is -2.31.